The normalized spacial score (nSPS) is 13.5. The van der Waals surface area contributed by atoms with Crippen LogP contribution in [0.2, 0.25) is 0 Å². The molecule has 0 aliphatic carbocycles. The third-order valence-electron chi connectivity index (χ3n) is 2.74. The molecule has 0 saturated carbocycles. The van der Waals surface area contributed by atoms with Crippen molar-refractivity contribution in [1.82, 2.24) is 5.32 Å². The first-order chi connectivity index (χ1) is 7.91. The van der Waals surface area contributed by atoms with Crippen LogP contribution in [0.25, 0.3) is 0 Å². The van der Waals surface area contributed by atoms with Crippen LogP contribution in [0.1, 0.15) is 33.1 Å². The molecule has 1 amide bonds. The number of carbonyl (C=O) groups is 1. The average molecular weight is 246 g/mol. The third-order valence-corrected chi connectivity index (χ3v) is 2.74. The molecule has 0 saturated heterocycles. The first-order valence-corrected chi connectivity index (χ1v) is 6.05. The number of ether oxygens (including phenoxy) is 1. The van der Waals surface area contributed by atoms with Crippen molar-refractivity contribution >= 4 is 5.91 Å². The van der Waals surface area contributed by atoms with E-state index in [0.717, 1.165) is 12.8 Å². The molecule has 0 heterocycles. The van der Waals surface area contributed by atoms with Gasteiger partial charge in [0, 0.05) is 20.1 Å². The van der Waals surface area contributed by atoms with Crippen molar-refractivity contribution in [2.45, 2.75) is 39.2 Å². The van der Waals surface area contributed by atoms with Crippen LogP contribution in [0.3, 0.4) is 0 Å². The number of rotatable bonds is 9. The van der Waals surface area contributed by atoms with Gasteiger partial charge in [-0.15, -0.1) is 0 Å². The summed E-state index contributed by atoms with van der Waals surface area (Å²) in [6.07, 6.45) is 1.54. The molecule has 0 radical (unpaired) electrons. The Balaban J connectivity index is 3.72. The van der Waals surface area contributed by atoms with Gasteiger partial charge in [0.05, 0.1) is 12.7 Å². The molecule has 0 bridgehead atoms. The van der Waals surface area contributed by atoms with Crippen LogP contribution < -0.4 is 11.1 Å². The Labute approximate surface area is 104 Å². The Kier molecular flexibility index (Phi) is 8.12. The first kappa shape index (κ1) is 16.4. The molecule has 0 aliphatic rings. The summed E-state index contributed by atoms with van der Waals surface area (Å²) >= 11 is 0. The lowest BCUT2D eigenvalue weighted by Crippen LogP contribution is -2.34. The molecule has 0 aromatic rings. The lowest BCUT2D eigenvalue weighted by molar-refractivity contribution is -0.122. The van der Waals surface area contributed by atoms with E-state index in [0.29, 0.717) is 13.0 Å². The van der Waals surface area contributed by atoms with Gasteiger partial charge in [-0.2, -0.15) is 0 Å². The molecule has 4 N–H and O–H groups in total. The van der Waals surface area contributed by atoms with Gasteiger partial charge >= 0.3 is 0 Å². The summed E-state index contributed by atoms with van der Waals surface area (Å²) in [7, 11) is 1.51. The highest BCUT2D eigenvalue weighted by Gasteiger charge is 2.18. The topological polar surface area (TPSA) is 84.6 Å². The second-order valence-corrected chi connectivity index (χ2v) is 5.12. The van der Waals surface area contributed by atoms with Gasteiger partial charge in [0.15, 0.2) is 0 Å². The SMILES string of the molecule is COCC(O)CNC(=O)CCC(C)(C)CCN. The Morgan fingerprint density at radius 2 is 2.12 bits per heavy atom. The zero-order valence-corrected chi connectivity index (χ0v) is 11.2. The summed E-state index contributed by atoms with van der Waals surface area (Å²) in [4.78, 5) is 11.5. The van der Waals surface area contributed by atoms with Gasteiger partial charge in [-0.25, -0.2) is 0 Å². The molecular formula is C12H26N2O3. The number of nitrogens with two attached hydrogens (primary N) is 1. The van der Waals surface area contributed by atoms with E-state index in [2.05, 4.69) is 19.2 Å². The van der Waals surface area contributed by atoms with Gasteiger partial charge in [0.2, 0.25) is 5.91 Å². The van der Waals surface area contributed by atoms with Gasteiger partial charge in [-0.1, -0.05) is 13.8 Å². The molecule has 102 valence electrons. The average Bonchev–Trinajstić information content (AvgIpc) is 2.24. The summed E-state index contributed by atoms with van der Waals surface area (Å²) < 4.78 is 4.77. The zero-order valence-electron chi connectivity index (χ0n) is 11.2. The van der Waals surface area contributed by atoms with Crippen LogP contribution in [0.4, 0.5) is 0 Å². The number of nitrogens with one attached hydrogen (secondary N) is 1. The van der Waals surface area contributed by atoms with Gasteiger partial charge < -0.3 is 20.9 Å². The van der Waals surface area contributed by atoms with E-state index in [-0.39, 0.29) is 24.5 Å². The van der Waals surface area contributed by atoms with E-state index >= 15 is 0 Å². The highest BCUT2D eigenvalue weighted by atomic mass is 16.5. The van der Waals surface area contributed by atoms with Crippen LogP contribution in [0.5, 0.6) is 0 Å². The lowest BCUT2D eigenvalue weighted by Gasteiger charge is -2.23. The van der Waals surface area contributed by atoms with Crippen LogP contribution in [-0.4, -0.2) is 43.9 Å². The monoisotopic (exact) mass is 246 g/mol. The van der Waals surface area contributed by atoms with Crippen LogP contribution in [-0.2, 0) is 9.53 Å². The number of methoxy groups -OCH3 is 1. The summed E-state index contributed by atoms with van der Waals surface area (Å²) in [5.41, 5.74) is 5.60. The maximum atomic E-state index is 11.5. The molecule has 0 rings (SSSR count). The fourth-order valence-corrected chi connectivity index (χ4v) is 1.54. The van der Waals surface area contributed by atoms with Gasteiger partial charge in [-0.05, 0) is 24.8 Å². The molecule has 1 unspecified atom stereocenters. The fraction of sp³-hybridized carbons (Fsp3) is 0.917. The lowest BCUT2D eigenvalue weighted by atomic mass is 9.84. The van der Waals surface area contributed by atoms with Crippen molar-refractivity contribution in [1.29, 1.82) is 0 Å². The van der Waals surface area contributed by atoms with Gasteiger partial charge in [0.25, 0.3) is 0 Å². The molecule has 1 atom stereocenters. The second kappa shape index (κ2) is 8.44. The number of carbonyl (C=O) groups excluding carboxylic acids is 1. The number of hydrogen-bond donors (Lipinski definition) is 3. The van der Waals surface area contributed by atoms with Crippen molar-refractivity contribution in [2.24, 2.45) is 11.1 Å². The summed E-state index contributed by atoms with van der Waals surface area (Å²) in [6, 6.07) is 0. The van der Waals surface area contributed by atoms with E-state index in [1.54, 1.807) is 0 Å². The van der Waals surface area contributed by atoms with E-state index < -0.39 is 6.10 Å². The Morgan fingerprint density at radius 1 is 1.47 bits per heavy atom. The minimum absolute atomic E-state index is 0.0368. The van der Waals surface area contributed by atoms with Gasteiger partial charge in [-0.3, -0.25) is 4.79 Å². The standard InChI is InChI=1S/C12H26N2O3/c1-12(2,6-7-13)5-4-11(16)14-8-10(15)9-17-3/h10,15H,4-9,13H2,1-3H3,(H,14,16). The minimum Gasteiger partial charge on any atom is -0.389 e. The Hall–Kier alpha value is -0.650. The highest BCUT2D eigenvalue weighted by Crippen LogP contribution is 2.25. The van der Waals surface area contributed by atoms with Crippen molar-refractivity contribution in [3.05, 3.63) is 0 Å². The quantitative estimate of drug-likeness (QED) is 0.545. The molecule has 0 fully saturated rings. The van der Waals surface area contributed by atoms with Crippen LogP contribution in [0.15, 0.2) is 0 Å². The number of aliphatic hydroxyl groups is 1. The maximum absolute atomic E-state index is 11.5. The predicted molar refractivity (Wildman–Crippen MR) is 67.6 cm³/mol. The summed E-state index contributed by atoms with van der Waals surface area (Å²) in [5, 5.41) is 12.0. The molecule has 17 heavy (non-hydrogen) atoms. The molecule has 5 heteroatoms. The number of aliphatic hydroxyl groups excluding tert-OH is 1. The highest BCUT2D eigenvalue weighted by molar-refractivity contribution is 5.75. The molecule has 5 nitrogen and oxygen atoms in total. The van der Waals surface area contributed by atoms with Crippen LogP contribution >= 0.6 is 0 Å². The van der Waals surface area contributed by atoms with Crippen molar-refractivity contribution < 1.29 is 14.6 Å². The second-order valence-electron chi connectivity index (χ2n) is 5.12. The molecule has 0 aliphatic heterocycles. The van der Waals surface area contributed by atoms with Gasteiger partial charge in [0.1, 0.15) is 0 Å². The van der Waals surface area contributed by atoms with Crippen molar-refractivity contribution in [2.75, 3.05) is 26.8 Å². The molecule has 0 spiro atoms. The Morgan fingerprint density at radius 3 is 2.65 bits per heavy atom. The molecule has 0 aromatic heterocycles. The molecule has 0 aromatic carbocycles. The fourth-order valence-electron chi connectivity index (χ4n) is 1.54. The minimum atomic E-state index is -0.638. The maximum Gasteiger partial charge on any atom is 0.220 e. The van der Waals surface area contributed by atoms with E-state index in [4.69, 9.17) is 10.5 Å². The van der Waals surface area contributed by atoms with Crippen molar-refractivity contribution in [3.63, 3.8) is 0 Å². The van der Waals surface area contributed by atoms with Crippen molar-refractivity contribution in [3.8, 4) is 0 Å². The van der Waals surface area contributed by atoms with E-state index in [1.807, 2.05) is 0 Å². The first-order valence-electron chi connectivity index (χ1n) is 6.05. The van der Waals surface area contributed by atoms with Crippen LogP contribution in [0, 0.1) is 5.41 Å². The zero-order chi connectivity index (χ0) is 13.3. The van der Waals surface area contributed by atoms with E-state index in [9.17, 15) is 9.90 Å². The number of amides is 1. The smallest absolute Gasteiger partial charge is 0.220 e. The predicted octanol–water partition coefficient (Wildman–Crippen LogP) is 0.265. The summed E-state index contributed by atoms with van der Waals surface area (Å²) in [6.45, 7) is 5.32. The van der Waals surface area contributed by atoms with E-state index in [1.165, 1.54) is 7.11 Å². The summed E-state index contributed by atoms with van der Waals surface area (Å²) in [5.74, 6) is -0.0368. The molecular weight excluding hydrogens is 220 g/mol. The Bertz CT molecular complexity index is 220. The number of hydrogen-bond acceptors (Lipinski definition) is 4. The largest absolute Gasteiger partial charge is 0.389 e. The third kappa shape index (κ3) is 9.09.